The van der Waals surface area contributed by atoms with Crippen molar-refractivity contribution in [2.45, 2.75) is 50.2 Å². The molecule has 0 saturated carbocycles. The highest BCUT2D eigenvalue weighted by atomic mass is 16.2. The van der Waals surface area contributed by atoms with E-state index in [-0.39, 0.29) is 12.3 Å². The number of benzene rings is 3. The van der Waals surface area contributed by atoms with E-state index >= 15 is 0 Å². The number of rotatable bonds is 13. The van der Waals surface area contributed by atoms with Crippen molar-refractivity contribution in [3.05, 3.63) is 83.9 Å². The Morgan fingerprint density at radius 3 is 2.22 bits per heavy atom. The lowest BCUT2D eigenvalue weighted by Crippen LogP contribution is -2.56. The zero-order chi connectivity index (χ0) is 26.8. The van der Waals surface area contributed by atoms with Crippen molar-refractivity contribution in [2.24, 2.45) is 17.2 Å². The Labute approximate surface area is 218 Å². The van der Waals surface area contributed by atoms with Crippen molar-refractivity contribution in [1.29, 1.82) is 0 Å². The maximum atomic E-state index is 13.4. The number of carbonyl (C=O) groups excluding carboxylic acids is 3. The molecule has 3 atom stereocenters. The first-order valence-electron chi connectivity index (χ1n) is 12.6. The van der Waals surface area contributed by atoms with Crippen molar-refractivity contribution >= 4 is 28.5 Å². The zero-order valence-corrected chi connectivity index (χ0v) is 21.3. The average Bonchev–Trinajstić information content (AvgIpc) is 2.90. The smallest absolute Gasteiger partial charge is 0.243 e. The van der Waals surface area contributed by atoms with Crippen LogP contribution in [0.15, 0.2) is 72.8 Å². The largest absolute Gasteiger partial charge is 0.368 e. The molecule has 8 nitrogen and oxygen atoms in total. The van der Waals surface area contributed by atoms with Gasteiger partial charge in [0.2, 0.25) is 17.7 Å². The molecular weight excluding hydrogens is 466 g/mol. The van der Waals surface area contributed by atoms with Crippen molar-refractivity contribution < 1.29 is 14.4 Å². The summed E-state index contributed by atoms with van der Waals surface area (Å²) in [4.78, 5) is 40.2. The number of likely N-dealkylation sites (N-methyl/N-ethyl adjacent to an activating group) is 1. The molecule has 8 heteroatoms. The third-order valence-electron chi connectivity index (χ3n) is 6.58. The van der Waals surface area contributed by atoms with E-state index in [1.54, 1.807) is 7.05 Å². The van der Waals surface area contributed by atoms with Crippen molar-refractivity contribution in [3.8, 4) is 0 Å². The molecule has 7 N–H and O–H groups in total. The molecule has 196 valence electrons. The summed E-state index contributed by atoms with van der Waals surface area (Å²) in [5, 5.41) is 4.93. The van der Waals surface area contributed by atoms with Crippen molar-refractivity contribution in [3.63, 3.8) is 0 Å². The van der Waals surface area contributed by atoms with Crippen molar-refractivity contribution in [2.75, 3.05) is 13.6 Å². The lowest BCUT2D eigenvalue weighted by molar-refractivity contribution is -0.140. The maximum Gasteiger partial charge on any atom is 0.243 e. The molecule has 37 heavy (non-hydrogen) atoms. The molecule has 0 aromatic heterocycles. The second-order valence-electron chi connectivity index (χ2n) is 9.39. The second kappa shape index (κ2) is 13.5. The van der Waals surface area contributed by atoms with E-state index in [0.717, 1.165) is 28.3 Å². The van der Waals surface area contributed by atoms with Crippen LogP contribution >= 0.6 is 0 Å². The summed E-state index contributed by atoms with van der Waals surface area (Å²) >= 11 is 0. The van der Waals surface area contributed by atoms with Crippen LogP contribution < -0.4 is 22.5 Å². The highest BCUT2D eigenvalue weighted by Gasteiger charge is 2.32. The van der Waals surface area contributed by atoms with Crippen LogP contribution in [0.3, 0.4) is 0 Å². The van der Waals surface area contributed by atoms with Gasteiger partial charge in [-0.25, -0.2) is 0 Å². The van der Waals surface area contributed by atoms with Gasteiger partial charge < -0.3 is 27.4 Å². The number of primary amides is 1. The fourth-order valence-corrected chi connectivity index (χ4v) is 4.41. The Morgan fingerprint density at radius 1 is 0.865 bits per heavy atom. The Kier molecular flexibility index (Phi) is 10.2. The number of nitrogens with zero attached hydrogens (tertiary/aromatic N) is 1. The molecule has 3 rings (SSSR count). The third kappa shape index (κ3) is 7.87. The number of carbonyl (C=O) groups is 3. The molecule has 0 unspecified atom stereocenters. The summed E-state index contributed by atoms with van der Waals surface area (Å²) in [5.74, 6) is -1.43. The number of nitrogens with two attached hydrogens (primary N) is 3. The first kappa shape index (κ1) is 27.8. The summed E-state index contributed by atoms with van der Waals surface area (Å²) in [6, 6.07) is 20.8. The SMILES string of the molecule is CN(C(=O)[C@@H](N)Cc1ccc2ccccc2c1)[C@@H](Cc1ccccc1)C(=O)N[C@@H](CCCCN)C(N)=O. The summed E-state index contributed by atoms with van der Waals surface area (Å²) in [5.41, 5.74) is 19.3. The van der Waals surface area contributed by atoms with Gasteiger partial charge in [0, 0.05) is 13.5 Å². The predicted molar refractivity (Wildman–Crippen MR) is 146 cm³/mol. The highest BCUT2D eigenvalue weighted by Crippen LogP contribution is 2.18. The molecule has 0 aliphatic carbocycles. The minimum atomic E-state index is -0.867. The van der Waals surface area contributed by atoms with Crippen LogP contribution in [-0.4, -0.2) is 54.3 Å². The molecule has 0 fully saturated rings. The van der Waals surface area contributed by atoms with Gasteiger partial charge >= 0.3 is 0 Å². The molecule has 3 aromatic rings. The first-order valence-corrected chi connectivity index (χ1v) is 12.6. The third-order valence-corrected chi connectivity index (χ3v) is 6.58. The van der Waals surface area contributed by atoms with Gasteiger partial charge in [-0.2, -0.15) is 0 Å². The fourth-order valence-electron chi connectivity index (χ4n) is 4.41. The molecule has 0 aliphatic heterocycles. The van der Waals surface area contributed by atoms with E-state index in [9.17, 15) is 14.4 Å². The Bertz CT molecular complexity index is 1200. The minimum Gasteiger partial charge on any atom is -0.368 e. The molecule has 0 spiro atoms. The Hall–Kier alpha value is -3.75. The standard InChI is InChI=1S/C29H37N5O3/c1-34(29(37)24(31)18-21-14-15-22-11-5-6-12-23(22)17-21)26(19-20-9-3-2-4-10-20)28(36)33-25(27(32)35)13-7-8-16-30/h2-6,9-12,14-15,17,24-26H,7-8,13,16,18-19,30-31H2,1H3,(H2,32,35)(H,33,36)/t24-,25-,26-/m0/s1. The molecule has 3 aromatic carbocycles. The minimum absolute atomic E-state index is 0.270. The molecule has 0 radical (unpaired) electrons. The monoisotopic (exact) mass is 503 g/mol. The van der Waals surface area contributed by atoms with Crippen LogP contribution in [0.4, 0.5) is 0 Å². The van der Waals surface area contributed by atoms with E-state index in [1.165, 1.54) is 4.90 Å². The lowest BCUT2D eigenvalue weighted by atomic mass is 9.99. The lowest BCUT2D eigenvalue weighted by Gasteiger charge is -2.31. The number of amides is 3. The zero-order valence-electron chi connectivity index (χ0n) is 21.3. The van der Waals surface area contributed by atoms with Gasteiger partial charge in [-0.3, -0.25) is 14.4 Å². The summed E-state index contributed by atoms with van der Waals surface area (Å²) in [7, 11) is 1.57. The van der Waals surface area contributed by atoms with Gasteiger partial charge in [0.15, 0.2) is 0 Å². The summed E-state index contributed by atoms with van der Waals surface area (Å²) in [6.07, 6.45) is 2.35. The molecule has 0 heterocycles. The van der Waals surface area contributed by atoms with E-state index in [1.807, 2.05) is 72.8 Å². The van der Waals surface area contributed by atoms with Gasteiger partial charge in [-0.15, -0.1) is 0 Å². The maximum absolute atomic E-state index is 13.4. The Balaban J connectivity index is 1.76. The van der Waals surface area contributed by atoms with E-state index < -0.39 is 29.9 Å². The van der Waals surface area contributed by atoms with Crippen LogP contribution in [0.25, 0.3) is 10.8 Å². The van der Waals surface area contributed by atoms with Gasteiger partial charge in [0.1, 0.15) is 12.1 Å². The van der Waals surface area contributed by atoms with E-state index in [2.05, 4.69) is 5.32 Å². The fraction of sp³-hybridized carbons (Fsp3) is 0.345. The topological polar surface area (TPSA) is 145 Å². The number of nitrogens with one attached hydrogen (secondary N) is 1. The molecule has 0 saturated heterocycles. The van der Waals surface area contributed by atoms with Gasteiger partial charge in [0.25, 0.3) is 0 Å². The normalized spacial score (nSPS) is 13.5. The molecule has 0 bridgehead atoms. The van der Waals surface area contributed by atoms with Gasteiger partial charge in [0.05, 0.1) is 6.04 Å². The summed E-state index contributed by atoms with van der Waals surface area (Å²) < 4.78 is 0. The van der Waals surface area contributed by atoms with Gasteiger partial charge in [-0.05, 0) is 54.1 Å². The molecule has 3 amide bonds. The van der Waals surface area contributed by atoms with Crippen molar-refractivity contribution in [1.82, 2.24) is 10.2 Å². The quantitative estimate of drug-likeness (QED) is 0.263. The molecule has 0 aliphatic rings. The van der Waals surface area contributed by atoms with Crippen LogP contribution in [0.1, 0.15) is 30.4 Å². The van der Waals surface area contributed by atoms with E-state index in [0.29, 0.717) is 25.8 Å². The van der Waals surface area contributed by atoms with Crippen LogP contribution in [0.5, 0.6) is 0 Å². The van der Waals surface area contributed by atoms with Crippen LogP contribution in [-0.2, 0) is 27.2 Å². The average molecular weight is 504 g/mol. The highest BCUT2D eigenvalue weighted by molar-refractivity contribution is 5.93. The summed E-state index contributed by atoms with van der Waals surface area (Å²) in [6.45, 7) is 0.488. The second-order valence-corrected chi connectivity index (χ2v) is 9.39. The number of hydrogen-bond acceptors (Lipinski definition) is 5. The molecular formula is C29H37N5O3. The van der Waals surface area contributed by atoms with Gasteiger partial charge in [-0.1, -0.05) is 72.8 Å². The Morgan fingerprint density at radius 2 is 1.54 bits per heavy atom. The number of fused-ring (bicyclic) bond motifs is 1. The number of hydrogen-bond donors (Lipinski definition) is 4. The first-order chi connectivity index (χ1) is 17.8. The van der Waals surface area contributed by atoms with Crippen LogP contribution in [0, 0.1) is 0 Å². The number of unbranched alkanes of at least 4 members (excludes halogenated alkanes) is 1. The van der Waals surface area contributed by atoms with Crippen LogP contribution in [0.2, 0.25) is 0 Å². The van der Waals surface area contributed by atoms with E-state index in [4.69, 9.17) is 17.2 Å². The predicted octanol–water partition coefficient (Wildman–Crippen LogP) is 1.88.